The average Bonchev–Trinajstić information content (AvgIpc) is 3.33. The van der Waals surface area contributed by atoms with Crippen molar-refractivity contribution >= 4 is 22.5 Å². The Morgan fingerprint density at radius 3 is 2.64 bits per heavy atom. The number of aryl methyl sites for hydroxylation is 2. The summed E-state index contributed by atoms with van der Waals surface area (Å²) >= 11 is 6.61. The molecule has 0 saturated carbocycles. The quantitative estimate of drug-likeness (QED) is 0.346. The summed E-state index contributed by atoms with van der Waals surface area (Å²) < 4.78 is 6.55. The molecule has 5 rings (SSSR count). The Bertz CT molecular complexity index is 1240. The minimum Gasteiger partial charge on any atom is -0.492 e. The summed E-state index contributed by atoms with van der Waals surface area (Å²) in [5.74, 6) is 0.859. The Morgan fingerprint density at radius 2 is 1.91 bits per heavy atom. The van der Waals surface area contributed by atoms with Crippen LogP contribution < -0.4 is 10.1 Å². The molecule has 1 unspecified atom stereocenters. The largest absolute Gasteiger partial charge is 0.492 e. The van der Waals surface area contributed by atoms with Gasteiger partial charge in [0, 0.05) is 34.9 Å². The lowest BCUT2D eigenvalue weighted by atomic mass is 9.98. The molecule has 2 N–H and O–H groups in total. The van der Waals surface area contributed by atoms with Gasteiger partial charge < -0.3 is 10.1 Å². The maximum absolute atomic E-state index is 6.61. The van der Waals surface area contributed by atoms with Crippen LogP contribution in [-0.4, -0.2) is 34.4 Å². The lowest BCUT2D eigenvalue weighted by molar-refractivity contribution is 0.271. The molecule has 0 bridgehead atoms. The molecular weight excluding hydrogens is 432 g/mol. The number of benzene rings is 2. The second kappa shape index (κ2) is 9.54. The van der Waals surface area contributed by atoms with Gasteiger partial charge in [-0.25, -0.2) is 0 Å². The number of aromatic nitrogens is 3. The molecule has 4 aromatic rings. The lowest BCUT2D eigenvalue weighted by Gasteiger charge is -2.24. The van der Waals surface area contributed by atoms with Crippen LogP contribution in [0.4, 0.5) is 0 Å². The van der Waals surface area contributed by atoms with Gasteiger partial charge in [0.15, 0.2) is 0 Å². The topological polar surface area (TPSA) is 62.8 Å². The molecule has 1 aliphatic rings. The molecule has 5 nitrogen and oxygen atoms in total. The number of halogens is 1. The fourth-order valence-corrected chi connectivity index (χ4v) is 5.03. The van der Waals surface area contributed by atoms with Gasteiger partial charge >= 0.3 is 0 Å². The number of pyridine rings is 1. The second-order valence-electron chi connectivity index (χ2n) is 8.98. The number of H-pyrrole nitrogens is 1. The third-order valence-corrected chi connectivity index (χ3v) is 6.67. The third kappa shape index (κ3) is 4.75. The fourth-order valence-electron chi connectivity index (χ4n) is 4.77. The molecule has 2 aromatic heterocycles. The molecule has 170 valence electrons. The molecule has 1 fully saturated rings. The summed E-state index contributed by atoms with van der Waals surface area (Å²) in [6.45, 7) is 5.99. The first-order valence-electron chi connectivity index (χ1n) is 11.7. The Balaban J connectivity index is 1.59. The Labute approximate surface area is 199 Å². The second-order valence-corrected chi connectivity index (χ2v) is 9.39. The van der Waals surface area contributed by atoms with Gasteiger partial charge in [0.25, 0.3) is 0 Å². The van der Waals surface area contributed by atoms with Gasteiger partial charge in [0.1, 0.15) is 5.75 Å². The molecule has 0 aliphatic carbocycles. The first-order chi connectivity index (χ1) is 16.1. The van der Waals surface area contributed by atoms with Crippen LogP contribution in [0.1, 0.15) is 36.8 Å². The molecule has 0 amide bonds. The number of hydrogen-bond donors (Lipinski definition) is 2. The van der Waals surface area contributed by atoms with Crippen molar-refractivity contribution in [1.82, 2.24) is 20.5 Å². The van der Waals surface area contributed by atoms with Gasteiger partial charge in [-0.05, 0) is 63.4 Å². The van der Waals surface area contributed by atoms with E-state index in [1.807, 2.05) is 18.3 Å². The van der Waals surface area contributed by atoms with Crippen molar-refractivity contribution in [2.24, 2.45) is 0 Å². The fraction of sp³-hybridized carbons (Fsp3) is 0.333. The van der Waals surface area contributed by atoms with Crippen molar-refractivity contribution in [3.63, 3.8) is 0 Å². The number of ether oxygens (including phenoxy) is 1. The number of aromatic amines is 1. The van der Waals surface area contributed by atoms with E-state index in [9.17, 15) is 0 Å². The summed E-state index contributed by atoms with van der Waals surface area (Å²) in [6.07, 6.45) is 8.39. The SMILES string of the molecule is Cc1cc(C)cc(-c2cnc3cc(Cl)c(-c4ccn[nH]4)cc3c2OCCC2CCCCN2)c1. The minimum atomic E-state index is 0.520. The standard InChI is InChI=1S/C27H29ClN4O/c1-17-11-18(2)13-19(12-17)23-16-30-26-15-24(28)21(25-6-9-31-32-25)14-22(26)27(23)33-10-7-20-5-3-4-8-29-20/h6,9,11-16,20,29H,3-5,7-8,10H2,1-2H3,(H,31,32). The van der Waals surface area contributed by atoms with Crippen molar-refractivity contribution < 1.29 is 4.74 Å². The Kier molecular flexibility index (Phi) is 6.34. The van der Waals surface area contributed by atoms with Crippen LogP contribution >= 0.6 is 11.6 Å². The van der Waals surface area contributed by atoms with Crippen LogP contribution in [0.25, 0.3) is 33.3 Å². The van der Waals surface area contributed by atoms with E-state index in [4.69, 9.17) is 21.3 Å². The number of nitrogens with zero attached hydrogens (tertiary/aromatic N) is 2. The molecule has 1 aliphatic heterocycles. The normalized spacial score (nSPS) is 16.3. The number of rotatable bonds is 6. The highest BCUT2D eigenvalue weighted by molar-refractivity contribution is 6.34. The van der Waals surface area contributed by atoms with Crippen molar-refractivity contribution in [3.8, 4) is 28.1 Å². The summed E-state index contributed by atoms with van der Waals surface area (Å²) in [5, 5.41) is 12.3. The minimum absolute atomic E-state index is 0.520. The van der Waals surface area contributed by atoms with E-state index in [-0.39, 0.29) is 0 Å². The smallest absolute Gasteiger partial charge is 0.138 e. The van der Waals surface area contributed by atoms with E-state index in [1.165, 1.54) is 30.4 Å². The van der Waals surface area contributed by atoms with Crippen LogP contribution in [0.15, 0.2) is 48.8 Å². The van der Waals surface area contributed by atoms with E-state index in [1.54, 1.807) is 6.20 Å². The molecule has 33 heavy (non-hydrogen) atoms. The van der Waals surface area contributed by atoms with Crippen molar-refractivity contribution in [1.29, 1.82) is 0 Å². The zero-order chi connectivity index (χ0) is 22.8. The van der Waals surface area contributed by atoms with E-state index >= 15 is 0 Å². The summed E-state index contributed by atoms with van der Waals surface area (Å²) in [6, 6.07) is 13.0. The van der Waals surface area contributed by atoms with Gasteiger partial charge in [-0.2, -0.15) is 5.10 Å². The molecule has 2 aromatic carbocycles. The molecule has 0 radical (unpaired) electrons. The molecule has 1 atom stereocenters. The molecule has 3 heterocycles. The van der Waals surface area contributed by atoms with E-state index in [2.05, 4.69) is 53.6 Å². The first kappa shape index (κ1) is 21.9. The third-order valence-electron chi connectivity index (χ3n) is 6.36. The number of hydrogen-bond acceptors (Lipinski definition) is 4. The molecular formula is C27H29ClN4O. The van der Waals surface area contributed by atoms with E-state index < -0.39 is 0 Å². The predicted octanol–water partition coefficient (Wildman–Crippen LogP) is 6.47. The van der Waals surface area contributed by atoms with Gasteiger partial charge in [0.05, 0.1) is 22.8 Å². The lowest BCUT2D eigenvalue weighted by Crippen LogP contribution is -2.35. The molecule has 0 spiro atoms. The Morgan fingerprint density at radius 1 is 1.06 bits per heavy atom. The van der Waals surface area contributed by atoms with Crippen LogP contribution in [0, 0.1) is 13.8 Å². The summed E-state index contributed by atoms with van der Waals surface area (Å²) in [7, 11) is 0. The predicted molar refractivity (Wildman–Crippen MR) is 135 cm³/mol. The van der Waals surface area contributed by atoms with E-state index in [0.29, 0.717) is 17.7 Å². The summed E-state index contributed by atoms with van der Waals surface area (Å²) in [4.78, 5) is 4.76. The zero-order valence-corrected chi connectivity index (χ0v) is 19.9. The number of fused-ring (bicyclic) bond motifs is 1. The van der Waals surface area contributed by atoms with Crippen LogP contribution in [0.5, 0.6) is 5.75 Å². The van der Waals surface area contributed by atoms with Crippen molar-refractivity contribution in [2.45, 2.75) is 45.6 Å². The number of nitrogens with one attached hydrogen (secondary N) is 2. The van der Waals surface area contributed by atoms with Gasteiger partial charge in [-0.1, -0.05) is 47.3 Å². The zero-order valence-electron chi connectivity index (χ0n) is 19.1. The van der Waals surface area contributed by atoms with Crippen LogP contribution in [-0.2, 0) is 0 Å². The molecule has 6 heteroatoms. The van der Waals surface area contributed by atoms with Crippen molar-refractivity contribution in [3.05, 3.63) is 64.9 Å². The van der Waals surface area contributed by atoms with Crippen LogP contribution in [0.3, 0.4) is 0 Å². The van der Waals surface area contributed by atoms with Gasteiger partial charge in [-0.3, -0.25) is 10.1 Å². The summed E-state index contributed by atoms with van der Waals surface area (Å²) in [5.41, 5.74) is 7.14. The highest BCUT2D eigenvalue weighted by Gasteiger charge is 2.18. The highest BCUT2D eigenvalue weighted by Crippen LogP contribution is 2.40. The monoisotopic (exact) mass is 460 g/mol. The van der Waals surface area contributed by atoms with Gasteiger partial charge in [-0.15, -0.1) is 0 Å². The Hall–Kier alpha value is -2.89. The maximum atomic E-state index is 6.61. The first-order valence-corrected chi connectivity index (χ1v) is 12.0. The van der Waals surface area contributed by atoms with E-state index in [0.717, 1.165) is 52.0 Å². The van der Waals surface area contributed by atoms with Gasteiger partial charge in [0.2, 0.25) is 0 Å². The molecule has 1 saturated heterocycles. The average molecular weight is 461 g/mol. The maximum Gasteiger partial charge on any atom is 0.138 e. The number of piperidine rings is 1. The van der Waals surface area contributed by atoms with Crippen LogP contribution in [0.2, 0.25) is 5.02 Å². The van der Waals surface area contributed by atoms with Crippen molar-refractivity contribution in [2.75, 3.05) is 13.2 Å². The highest BCUT2D eigenvalue weighted by atomic mass is 35.5.